The molecule has 1 nitrogen and oxygen atoms in total. The minimum Gasteiger partial charge on any atom is -0.198 e. The molecule has 0 radical (unpaired) electrons. The lowest BCUT2D eigenvalue weighted by molar-refractivity contribution is 0.223. The molecule has 28 heavy (non-hydrogen) atoms. The highest BCUT2D eigenvalue weighted by molar-refractivity contribution is 5.29. The van der Waals surface area contributed by atoms with Gasteiger partial charge in [-0.25, -0.2) is 0 Å². The lowest BCUT2D eigenvalue weighted by Gasteiger charge is -2.35. The lowest BCUT2D eigenvalue weighted by atomic mass is 9.67. The quantitative estimate of drug-likeness (QED) is 0.415. The Bertz CT molecular complexity index is 607. The molecule has 2 aliphatic carbocycles. The number of benzene rings is 1. The van der Waals surface area contributed by atoms with E-state index in [9.17, 15) is 5.26 Å². The second-order valence-corrected chi connectivity index (χ2v) is 9.80. The summed E-state index contributed by atoms with van der Waals surface area (Å²) in [6.07, 6.45) is 17.8. The highest BCUT2D eigenvalue weighted by Gasteiger charge is 2.35. The minimum atomic E-state index is -0.0251. The standard InChI is InChI=1S/C27H41N/c1-3-5-6-18-27(21-28)19-16-26(17-20-27)25-14-12-24(13-15-25)23-10-8-22(7-4-2)9-11-23/h12-15,22-23,26H,3-11,16-20H2,1-2H3. The van der Waals surface area contributed by atoms with E-state index in [1.807, 2.05) is 0 Å². The van der Waals surface area contributed by atoms with Crippen LogP contribution in [0.5, 0.6) is 0 Å². The van der Waals surface area contributed by atoms with Gasteiger partial charge in [0, 0.05) is 0 Å². The fraction of sp³-hybridized carbons (Fsp3) is 0.741. The van der Waals surface area contributed by atoms with E-state index >= 15 is 0 Å². The number of nitrogens with zero attached hydrogens (tertiary/aromatic N) is 1. The number of unbranched alkanes of at least 4 members (excludes halogenated alkanes) is 2. The minimum absolute atomic E-state index is 0.0251. The molecule has 0 N–H and O–H groups in total. The highest BCUT2D eigenvalue weighted by atomic mass is 14.4. The first kappa shape index (κ1) is 21.4. The van der Waals surface area contributed by atoms with Gasteiger partial charge >= 0.3 is 0 Å². The first-order valence-electron chi connectivity index (χ1n) is 12.2. The van der Waals surface area contributed by atoms with Gasteiger partial charge in [0.25, 0.3) is 0 Å². The fourth-order valence-electron chi connectivity index (χ4n) is 5.87. The van der Waals surface area contributed by atoms with Crippen molar-refractivity contribution in [2.75, 3.05) is 0 Å². The second-order valence-electron chi connectivity index (χ2n) is 9.80. The molecule has 0 aliphatic heterocycles. The summed E-state index contributed by atoms with van der Waals surface area (Å²) >= 11 is 0. The molecule has 0 aromatic heterocycles. The summed E-state index contributed by atoms with van der Waals surface area (Å²) in [7, 11) is 0. The molecule has 0 amide bonds. The number of rotatable bonds is 8. The summed E-state index contributed by atoms with van der Waals surface area (Å²) < 4.78 is 0. The Hall–Kier alpha value is -1.29. The SMILES string of the molecule is CCCCCC1(C#N)CCC(c2ccc(C3CCC(CCC)CC3)cc2)CC1. The molecule has 3 rings (SSSR count). The maximum atomic E-state index is 9.78. The van der Waals surface area contributed by atoms with Crippen molar-refractivity contribution < 1.29 is 0 Å². The predicted octanol–water partition coefficient (Wildman–Crippen LogP) is 8.51. The number of hydrogen-bond donors (Lipinski definition) is 0. The van der Waals surface area contributed by atoms with Gasteiger partial charge in [-0.05, 0) is 86.7 Å². The van der Waals surface area contributed by atoms with Crippen LogP contribution in [0.1, 0.15) is 127 Å². The first-order chi connectivity index (χ1) is 13.7. The molecule has 2 saturated carbocycles. The molecule has 2 fully saturated rings. The molecule has 0 heterocycles. The number of hydrogen-bond acceptors (Lipinski definition) is 1. The van der Waals surface area contributed by atoms with Crippen LogP contribution in [0.4, 0.5) is 0 Å². The Morgan fingerprint density at radius 2 is 1.39 bits per heavy atom. The van der Waals surface area contributed by atoms with Gasteiger partial charge in [-0.2, -0.15) is 5.26 Å². The van der Waals surface area contributed by atoms with Gasteiger partial charge < -0.3 is 0 Å². The van der Waals surface area contributed by atoms with Crippen LogP contribution in [-0.2, 0) is 0 Å². The molecule has 0 saturated heterocycles. The van der Waals surface area contributed by atoms with Crippen molar-refractivity contribution in [3.8, 4) is 6.07 Å². The van der Waals surface area contributed by atoms with Crippen LogP contribution in [0.3, 0.4) is 0 Å². The zero-order valence-electron chi connectivity index (χ0n) is 18.4. The van der Waals surface area contributed by atoms with Gasteiger partial charge in [0.1, 0.15) is 0 Å². The van der Waals surface area contributed by atoms with E-state index in [4.69, 9.17) is 0 Å². The average Bonchev–Trinajstić information content (AvgIpc) is 2.75. The van der Waals surface area contributed by atoms with Crippen LogP contribution in [0, 0.1) is 22.7 Å². The Kier molecular flexibility index (Phi) is 8.01. The van der Waals surface area contributed by atoms with Gasteiger partial charge in [-0.15, -0.1) is 0 Å². The summed E-state index contributed by atoms with van der Waals surface area (Å²) in [6, 6.07) is 12.4. The van der Waals surface area contributed by atoms with Crippen molar-refractivity contribution in [2.24, 2.45) is 11.3 Å². The third kappa shape index (κ3) is 5.40. The van der Waals surface area contributed by atoms with E-state index in [2.05, 4.69) is 44.2 Å². The third-order valence-corrected chi connectivity index (χ3v) is 7.86. The molecule has 1 heteroatoms. The molecular weight excluding hydrogens is 338 g/mol. The largest absolute Gasteiger partial charge is 0.198 e. The van der Waals surface area contributed by atoms with Crippen LogP contribution in [0.15, 0.2) is 24.3 Å². The lowest BCUT2D eigenvalue weighted by Crippen LogP contribution is -2.25. The Balaban J connectivity index is 1.52. The third-order valence-electron chi connectivity index (χ3n) is 7.86. The van der Waals surface area contributed by atoms with E-state index in [0.717, 1.165) is 31.1 Å². The van der Waals surface area contributed by atoms with Crippen molar-refractivity contribution in [1.29, 1.82) is 5.26 Å². The van der Waals surface area contributed by atoms with Crippen molar-refractivity contribution in [3.63, 3.8) is 0 Å². The Morgan fingerprint density at radius 3 is 1.89 bits per heavy atom. The molecular formula is C27H41N. The molecule has 2 aliphatic rings. The topological polar surface area (TPSA) is 23.8 Å². The summed E-state index contributed by atoms with van der Waals surface area (Å²) in [5.41, 5.74) is 3.06. The summed E-state index contributed by atoms with van der Waals surface area (Å²) in [6.45, 7) is 4.57. The molecule has 0 atom stereocenters. The fourth-order valence-corrected chi connectivity index (χ4v) is 5.87. The van der Waals surface area contributed by atoms with Crippen LogP contribution >= 0.6 is 0 Å². The Morgan fingerprint density at radius 1 is 0.821 bits per heavy atom. The van der Waals surface area contributed by atoms with E-state index in [1.54, 1.807) is 5.56 Å². The van der Waals surface area contributed by atoms with Crippen LogP contribution in [-0.4, -0.2) is 0 Å². The van der Waals surface area contributed by atoms with Crippen molar-refractivity contribution in [3.05, 3.63) is 35.4 Å². The maximum absolute atomic E-state index is 9.78. The summed E-state index contributed by atoms with van der Waals surface area (Å²) in [5, 5.41) is 9.78. The normalized spacial score (nSPS) is 30.7. The van der Waals surface area contributed by atoms with Gasteiger partial charge in [0.05, 0.1) is 11.5 Å². The van der Waals surface area contributed by atoms with Gasteiger partial charge in [-0.3, -0.25) is 0 Å². The van der Waals surface area contributed by atoms with E-state index in [0.29, 0.717) is 5.92 Å². The van der Waals surface area contributed by atoms with Crippen LogP contribution < -0.4 is 0 Å². The average molecular weight is 380 g/mol. The first-order valence-corrected chi connectivity index (χ1v) is 12.2. The second kappa shape index (κ2) is 10.5. The maximum Gasteiger partial charge on any atom is 0.0689 e. The van der Waals surface area contributed by atoms with E-state index in [1.165, 1.54) is 76.2 Å². The van der Waals surface area contributed by atoms with Crippen molar-refractivity contribution in [1.82, 2.24) is 0 Å². The van der Waals surface area contributed by atoms with E-state index < -0.39 is 0 Å². The monoisotopic (exact) mass is 379 g/mol. The molecule has 0 unspecified atom stereocenters. The molecule has 0 spiro atoms. The predicted molar refractivity (Wildman–Crippen MR) is 119 cm³/mol. The zero-order valence-corrected chi connectivity index (χ0v) is 18.4. The Labute approximate surface area is 173 Å². The van der Waals surface area contributed by atoms with Crippen LogP contribution in [0.2, 0.25) is 0 Å². The molecule has 1 aromatic rings. The van der Waals surface area contributed by atoms with Gasteiger partial charge in [-0.1, -0.05) is 70.2 Å². The van der Waals surface area contributed by atoms with Gasteiger partial charge in [0.2, 0.25) is 0 Å². The van der Waals surface area contributed by atoms with Crippen LogP contribution in [0.25, 0.3) is 0 Å². The molecule has 0 bridgehead atoms. The number of nitriles is 1. The van der Waals surface area contributed by atoms with Gasteiger partial charge in [0.15, 0.2) is 0 Å². The molecule has 1 aromatic carbocycles. The molecule has 154 valence electrons. The summed E-state index contributed by atoms with van der Waals surface area (Å²) in [4.78, 5) is 0. The summed E-state index contributed by atoms with van der Waals surface area (Å²) in [5.74, 6) is 2.45. The smallest absolute Gasteiger partial charge is 0.0689 e. The van der Waals surface area contributed by atoms with Crippen molar-refractivity contribution >= 4 is 0 Å². The van der Waals surface area contributed by atoms with Crippen molar-refractivity contribution in [2.45, 2.75) is 116 Å². The highest BCUT2D eigenvalue weighted by Crippen LogP contribution is 2.46. The zero-order chi connectivity index (χ0) is 19.8. The van der Waals surface area contributed by atoms with E-state index in [-0.39, 0.29) is 5.41 Å².